The van der Waals surface area contributed by atoms with Crippen LogP contribution in [-0.2, 0) is 9.59 Å². The largest absolute Gasteiger partial charge is 0.507 e. The van der Waals surface area contributed by atoms with Crippen LogP contribution in [-0.4, -0.2) is 30.9 Å². The lowest BCUT2D eigenvalue weighted by Crippen LogP contribution is -2.29. The third-order valence-corrected chi connectivity index (χ3v) is 5.77. The molecule has 2 heterocycles. The second-order valence-corrected chi connectivity index (χ2v) is 8.45. The van der Waals surface area contributed by atoms with E-state index in [0.29, 0.717) is 22.8 Å². The molecule has 0 radical (unpaired) electrons. The SMILES string of the molecule is Cc1ccc(C2/C(=C(/O)c3ccc(Br)cc3)C(=O)C(=O)N2c2ccc(N(C)C)cc2)o1. The minimum atomic E-state index is -0.873. The number of hydrogen-bond donors (Lipinski definition) is 1. The summed E-state index contributed by atoms with van der Waals surface area (Å²) in [6.07, 6.45) is 0. The summed E-state index contributed by atoms with van der Waals surface area (Å²) in [7, 11) is 3.84. The highest BCUT2D eigenvalue weighted by atomic mass is 79.9. The zero-order chi connectivity index (χ0) is 22.3. The number of nitrogens with zero attached hydrogens (tertiary/aromatic N) is 2. The first-order valence-electron chi connectivity index (χ1n) is 9.68. The average molecular weight is 481 g/mol. The molecule has 2 aromatic carbocycles. The smallest absolute Gasteiger partial charge is 0.300 e. The van der Waals surface area contributed by atoms with Gasteiger partial charge < -0.3 is 14.4 Å². The van der Waals surface area contributed by atoms with E-state index in [1.807, 2.05) is 31.1 Å². The molecule has 1 aromatic heterocycles. The lowest BCUT2D eigenvalue weighted by Gasteiger charge is -2.24. The van der Waals surface area contributed by atoms with Gasteiger partial charge in [-0.1, -0.05) is 28.1 Å². The maximum Gasteiger partial charge on any atom is 0.300 e. The summed E-state index contributed by atoms with van der Waals surface area (Å²) in [6.45, 7) is 1.79. The van der Waals surface area contributed by atoms with Crippen LogP contribution in [0.25, 0.3) is 5.76 Å². The fraction of sp³-hybridized carbons (Fsp3) is 0.167. The standard InChI is InChI=1S/C24H21BrN2O4/c1-14-4-13-19(31-14)21-20(22(28)15-5-7-16(25)8-6-15)23(29)24(30)27(21)18-11-9-17(10-12-18)26(2)3/h4-13,21,28H,1-3H3/b22-20-. The monoisotopic (exact) mass is 480 g/mol. The molecule has 6 nitrogen and oxygen atoms in total. The van der Waals surface area contributed by atoms with Gasteiger partial charge in [0.1, 0.15) is 23.3 Å². The fourth-order valence-corrected chi connectivity index (χ4v) is 3.91. The molecule has 1 saturated heterocycles. The molecule has 0 aliphatic carbocycles. The molecule has 1 N–H and O–H groups in total. The number of benzene rings is 2. The topological polar surface area (TPSA) is 74.0 Å². The van der Waals surface area contributed by atoms with Crippen molar-refractivity contribution >= 4 is 44.8 Å². The number of carbonyl (C=O) groups is 2. The lowest BCUT2D eigenvalue weighted by atomic mass is 9.99. The van der Waals surface area contributed by atoms with Crippen molar-refractivity contribution in [3.05, 3.63) is 87.8 Å². The number of amides is 1. The Morgan fingerprint density at radius 2 is 1.65 bits per heavy atom. The van der Waals surface area contributed by atoms with Gasteiger partial charge in [0.15, 0.2) is 0 Å². The number of carbonyl (C=O) groups excluding carboxylic acids is 2. The average Bonchev–Trinajstić information content (AvgIpc) is 3.29. The molecule has 31 heavy (non-hydrogen) atoms. The number of ketones is 1. The normalized spacial score (nSPS) is 17.9. The molecule has 7 heteroatoms. The molecule has 0 spiro atoms. The van der Waals surface area contributed by atoms with E-state index in [1.165, 1.54) is 4.90 Å². The predicted octanol–water partition coefficient (Wildman–Crippen LogP) is 5.04. The molecular weight excluding hydrogens is 460 g/mol. The van der Waals surface area contributed by atoms with Crippen LogP contribution >= 0.6 is 15.9 Å². The molecule has 1 atom stereocenters. The zero-order valence-corrected chi connectivity index (χ0v) is 18.9. The third kappa shape index (κ3) is 3.77. The van der Waals surface area contributed by atoms with Crippen molar-refractivity contribution in [1.29, 1.82) is 0 Å². The Bertz CT molecular complexity index is 1180. The second kappa shape index (κ2) is 8.07. The van der Waals surface area contributed by atoms with Crippen molar-refractivity contribution in [2.45, 2.75) is 13.0 Å². The molecule has 1 aliphatic heterocycles. The minimum Gasteiger partial charge on any atom is -0.507 e. The number of aryl methyl sites for hydroxylation is 1. The molecule has 3 aromatic rings. The summed E-state index contributed by atoms with van der Waals surface area (Å²) in [5.41, 5.74) is 1.94. The number of Topliss-reactive ketones (excluding diaryl/α,β-unsaturated/α-hetero) is 1. The van der Waals surface area contributed by atoms with Crippen molar-refractivity contribution in [2.75, 3.05) is 23.9 Å². The number of hydrogen-bond acceptors (Lipinski definition) is 5. The van der Waals surface area contributed by atoms with Crippen LogP contribution in [0.15, 0.2) is 75.1 Å². The van der Waals surface area contributed by atoms with Gasteiger partial charge in [0.2, 0.25) is 0 Å². The van der Waals surface area contributed by atoms with Crippen LogP contribution in [0.5, 0.6) is 0 Å². The van der Waals surface area contributed by atoms with Gasteiger partial charge in [-0.2, -0.15) is 0 Å². The van der Waals surface area contributed by atoms with Crippen molar-refractivity contribution in [3.63, 3.8) is 0 Å². The van der Waals surface area contributed by atoms with Gasteiger partial charge in [-0.25, -0.2) is 0 Å². The highest BCUT2D eigenvalue weighted by Gasteiger charge is 2.48. The van der Waals surface area contributed by atoms with Crippen LogP contribution in [0.1, 0.15) is 23.1 Å². The van der Waals surface area contributed by atoms with Gasteiger partial charge >= 0.3 is 0 Å². The van der Waals surface area contributed by atoms with Crippen molar-refractivity contribution in [2.24, 2.45) is 0 Å². The van der Waals surface area contributed by atoms with E-state index >= 15 is 0 Å². The maximum absolute atomic E-state index is 13.1. The van der Waals surface area contributed by atoms with Crippen LogP contribution in [0.2, 0.25) is 0 Å². The second-order valence-electron chi connectivity index (χ2n) is 7.54. The Morgan fingerprint density at radius 3 is 2.19 bits per heavy atom. The van der Waals surface area contributed by atoms with Gasteiger partial charge in [0.05, 0.1) is 5.57 Å². The highest BCUT2D eigenvalue weighted by molar-refractivity contribution is 9.10. The first-order valence-corrected chi connectivity index (χ1v) is 10.5. The number of anilines is 2. The predicted molar refractivity (Wildman–Crippen MR) is 123 cm³/mol. The molecule has 158 valence electrons. The summed E-state index contributed by atoms with van der Waals surface area (Å²) in [4.78, 5) is 29.5. The fourth-order valence-electron chi connectivity index (χ4n) is 3.64. The zero-order valence-electron chi connectivity index (χ0n) is 17.3. The quantitative estimate of drug-likeness (QED) is 0.321. The third-order valence-electron chi connectivity index (χ3n) is 5.24. The van der Waals surface area contributed by atoms with E-state index in [1.54, 1.807) is 55.5 Å². The van der Waals surface area contributed by atoms with E-state index in [0.717, 1.165) is 10.2 Å². The van der Waals surface area contributed by atoms with Crippen LogP contribution in [0, 0.1) is 6.92 Å². The minimum absolute atomic E-state index is 0.00152. The van der Waals surface area contributed by atoms with Gasteiger partial charge in [-0.15, -0.1) is 0 Å². The Balaban J connectivity index is 1.89. The van der Waals surface area contributed by atoms with Gasteiger partial charge in [-0.05, 0) is 55.5 Å². The van der Waals surface area contributed by atoms with E-state index in [9.17, 15) is 14.7 Å². The maximum atomic E-state index is 13.1. The molecule has 1 unspecified atom stereocenters. The Morgan fingerprint density at radius 1 is 1.00 bits per heavy atom. The van der Waals surface area contributed by atoms with Gasteiger partial charge in [0.25, 0.3) is 11.7 Å². The Kier molecular flexibility index (Phi) is 5.45. The number of halogens is 1. The van der Waals surface area contributed by atoms with Gasteiger partial charge in [0, 0.05) is 35.5 Å². The van der Waals surface area contributed by atoms with Crippen molar-refractivity contribution in [1.82, 2.24) is 0 Å². The van der Waals surface area contributed by atoms with Crippen LogP contribution in [0.4, 0.5) is 11.4 Å². The van der Waals surface area contributed by atoms with E-state index in [-0.39, 0.29) is 11.3 Å². The van der Waals surface area contributed by atoms with Gasteiger partial charge in [-0.3, -0.25) is 14.5 Å². The summed E-state index contributed by atoms with van der Waals surface area (Å²) in [5.74, 6) is -0.650. The number of aliphatic hydroxyl groups excluding tert-OH is 1. The van der Waals surface area contributed by atoms with E-state index in [4.69, 9.17) is 4.42 Å². The highest BCUT2D eigenvalue weighted by Crippen LogP contribution is 2.43. The molecular formula is C24H21BrN2O4. The first kappa shape index (κ1) is 20.9. The lowest BCUT2D eigenvalue weighted by molar-refractivity contribution is -0.132. The molecule has 1 fully saturated rings. The van der Waals surface area contributed by atoms with E-state index < -0.39 is 17.7 Å². The summed E-state index contributed by atoms with van der Waals surface area (Å²) < 4.78 is 6.64. The number of furan rings is 1. The van der Waals surface area contributed by atoms with Crippen molar-refractivity contribution < 1.29 is 19.1 Å². The molecule has 1 aliphatic rings. The number of aliphatic hydroxyl groups is 1. The Labute approximate surface area is 188 Å². The molecule has 4 rings (SSSR count). The summed E-state index contributed by atoms with van der Waals surface area (Å²) in [6, 6.07) is 16.8. The summed E-state index contributed by atoms with van der Waals surface area (Å²) in [5, 5.41) is 11.0. The molecule has 0 bridgehead atoms. The first-order chi connectivity index (χ1) is 14.8. The van der Waals surface area contributed by atoms with Crippen LogP contribution < -0.4 is 9.80 Å². The Hall–Kier alpha value is -3.32. The summed E-state index contributed by atoms with van der Waals surface area (Å²) >= 11 is 3.36. The van der Waals surface area contributed by atoms with Crippen LogP contribution in [0.3, 0.4) is 0 Å². The number of rotatable bonds is 4. The molecule has 1 amide bonds. The molecule has 0 saturated carbocycles. The van der Waals surface area contributed by atoms with E-state index in [2.05, 4.69) is 15.9 Å². The van der Waals surface area contributed by atoms with Crippen molar-refractivity contribution in [3.8, 4) is 0 Å².